The van der Waals surface area contributed by atoms with Gasteiger partial charge in [-0.25, -0.2) is 0 Å². The molecule has 4 heteroatoms. The quantitative estimate of drug-likeness (QED) is 0.524. The molecule has 0 fully saturated rings. The highest BCUT2D eigenvalue weighted by Crippen LogP contribution is 2.15. The summed E-state index contributed by atoms with van der Waals surface area (Å²) in [5.41, 5.74) is 0.483. The molecular weight excluding hydrogens is 280 g/mol. The summed E-state index contributed by atoms with van der Waals surface area (Å²) in [6, 6.07) is 6.16. The lowest BCUT2D eigenvalue weighted by molar-refractivity contribution is -0.118. The fourth-order valence-electron chi connectivity index (χ4n) is 1.78. The van der Waals surface area contributed by atoms with E-state index in [2.05, 4.69) is 27.7 Å². The number of hydrogen-bond acceptors (Lipinski definition) is 4. The number of carbonyl (C=O) groups excluding carboxylic acids is 1. The minimum atomic E-state index is -0.873. The first-order valence-electron chi connectivity index (χ1n) is 7.96. The Morgan fingerprint density at radius 3 is 1.82 bits per heavy atom. The standard InChI is InChI=1S/C18H28O4/c1-13(2)9-11-21-18(22-12-10-14(3)4)17(20)15-5-7-16(19)8-6-15/h5-8,13-14,18-19H,9-12H2,1-4H3. The zero-order chi connectivity index (χ0) is 16.5. The number of ketones is 1. The maximum Gasteiger partial charge on any atom is 0.222 e. The molecule has 0 saturated heterocycles. The van der Waals surface area contributed by atoms with Crippen LogP contribution in [0.5, 0.6) is 5.75 Å². The van der Waals surface area contributed by atoms with E-state index in [1.807, 2.05) is 0 Å². The van der Waals surface area contributed by atoms with Crippen molar-refractivity contribution >= 4 is 5.78 Å². The van der Waals surface area contributed by atoms with Crippen LogP contribution in [0.3, 0.4) is 0 Å². The molecule has 0 saturated carbocycles. The predicted molar refractivity (Wildman–Crippen MR) is 87.0 cm³/mol. The van der Waals surface area contributed by atoms with Crippen molar-refractivity contribution in [2.45, 2.75) is 46.8 Å². The summed E-state index contributed by atoms with van der Waals surface area (Å²) < 4.78 is 11.3. The molecule has 0 aliphatic rings. The Labute approximate surface area is 133 Å². The second-order valence-electron chi connectivity index (χ2n) is 6.35. The lowest BCUT2D eigenvalue weighted by atomic mass is 10.1. The minimum absolute atomic E-state index is 0.134. The molecule has 0 bridgehead atoms. The zero-order valence-corrected chi connectivity index (χ0v) is 14.0. The lowest BCUT2D eigenvalue weighted by Crippen LogP contribution is -2.29. The molecule has 1 aromatic carbocycles. The Hall–Kier alpha value is -1.39. The van der Waals surface area contributed by atoms with E-state index >= 15 is 0 Å². The number of carbonyl (C=O) groups is 1. The molecule has 0 heterocycles. The van der Waals surface area contributed by atoms with Crippen LogP contribution in [0.4, 0.5) is 0 Å². The third kappa shape index (κ3) is 7.05. The van der Waals surface area contributed by atoms with E-state index in [-0.39, 0.29) is 11.5 Å². The summed E-state index contributed by atoms with van der Waals surface area (Å²) in [7, 11) is 0. The molecule has 22 heavy (non-hydrogen) atoms. The fourth-order valence-corrected chi connectivity index (χ4v) is 1.78. The first-order valence-corrected chi connectivity index (χ1v) is 7.96. The van der Waals surface area contributed by atoms with Crippen molar-refractivity contribution in [3.8, 4) is 5.75 Å². The molecule has 0 aromatic heterocycles. The van der Waals surface area contributed by atoms with E-state index in [1.165, 1.54) is 12.1 Å². The average Bonchev–Trinajstić information content (AvgIpc) is 2.45. The topological polar surface area (TPSA) is 55.8 Å². The van der Waals surface area contributed by atoms with E-state index < -0.39 is 6.29 Å². The number of aromatic hydroxyl groups is 1. The van der Waals surface area contributed by atoms with Gasteiger partial charge in [0.05, 0.1) is 13.2 Å². The summed E-state index contributed by atoms with van der Waals surface area (Å²) in [6.07, 6.45) is 0.891. The van der Waals surface area contributed by atoms with Gasteiger partial charge in [0, 0.05) is 5.56 Å². The number of benzene rings is 1. The van der Waals surface area contributed by atoms with Gasteiger partial charge in [0.15, 0.2) is 0 Å². The number of Topliss-reactive ketones (excluding diaryl/α,β-unsaturated/α-hetero) is 1. The Morgan fingerprint density at radius 2 is 1.41 bits per heavy atom. The lowest BCUT2D eigenvalue weighted by Gasteiger charge is -2.19. The van der Waals surface area contributed by atoms with Gasteiger partial charge in [0.1, 0.15) is 5.75 Å². The highest BCUT2D eigenvalue weighted by Gasteiger charge is 2.21. The molecule has 0 aliphatic carbocycles. The van der Waals surface area contributed by atoms with Gasteiger partial charge in [0.2, 0.25) is 12.1 Å². The van der Waals surface area contributed by atoms with Crippen molar-refractivity contribution in [1.29, 1.82) is 0 Å². The van der Waals surface area contributed by atoms with E-state index in [4.69, 9.17) is 9.47 Å². The molecule has 0 amide bonds. The van der Waals surface area contributed by atoms with Crippen LogP contribution in [-0.4, -0.2) is 30.4 Å². The summed E-state index contributed by atoms with van der Waals surface area (Å²) in [6.45, 7) is 9.43. The van der Waals surface area contributed by atoms with Crippen molar-refractivity contribution in [1.82, 2.24) is 0 Å². The number of rotatable bonds is 10. The highest BCUT2D eigenvalue weighted by molar-refractivity contribution is 5.98. The molecule has 4 nitrogen and oxygen atoms in total. The second kappa shape index (κ2) is 9.59. The van der Waals surface area contributed by atoms with Gasteiger partial charge >= 0.3 is 0 Å². The van der Waals surface area contributed by atoms with Gasteiger partial charge < -0.3 is 14.6 Å². The van der Waals surface area contributed by atoms with E-state index in [1.54, 1.807) is 12.1 Å². The van der Waals surface area contributed by atoms with Crippen molar-refractivity contribution in [2.75, 3.05) is 13.2 Å². The van der Waals surface area contributed by atoms with Gasteiger partial charge in [-0.3, -0.25) is 4.79 Å². The molecule has 0 aliphatic heterocycles. The SMILES string of the molecule is CC(C)CCOC(OCCC(C)C)C(=O)c1ccc(O)cc1. The molecule has 0 radical (unpaired) electrons. The predicted octanol–water partition coefficient (Wildman–Crippen LogP) is 4.03. The van der Waals surface area contributed by atoms with Crippen LogP contribution in [0.1, 0.15) is 50.9 Å². The average molecular weight is 308 g/mol. The Bertz CT molecular complexity index is 423. The van der Waals surface area contributed by atoms with Crippen molar-refractivity contribution in [3.63, 3.8) is 0 Å². The molecule has 124 valence electrons. The van der Waals surface area contributed by atoms with Gasteiger partial charge in [0.25, 0.3) is 0 Å². The van der Waals surface area contributed by atoms with Gasteiger partial charge in [-0.1, -0.05) is 27.7 Å². The smallest absolute Gasteiger partial charge is 0.222 e. The number of phenolic OH excluding ortho intramolecular Hbond substituents is 1. The van der Waals surface area contributed by atoms with Crippen LogP contribution in [-0.2, 0) is 9.47 Å². The van der Waals surface area contributed by atoms with Crippen LogP contribution in [0, 0.1) is 11.8 Å². The fraction of sp³-hybridized carbons (Fsp3) is 0.611. The summed E-state index contributed by atoms with van der Waals surface area (Å²) in [5, 5.41) is 9.31. The maximum absolute atomic E-state index is 12.5. The largest absolute Gasteiger partial charge is 0.508 e. The van der Waals surface area contributed by atoms with E-state index in [9.17, 15) is 9.90 Å². The minimum Gasteiger partial charge on any atom is -0.508 e. The number of ether oxygens (including phenoxy) is 2. The van der Waals surface area contributed by atoms with E-state index in [0.717, 1.165) is 12.8 Å². The van der Waals surface area contributed by atoms with Gasteiger partial charge in [-0.15, -0.1) is 0 Å². The first-order chi connectivity index (χ1) is 10.4. The monoisotopic (exact) mass is 308 g/mol. The van der Waals surface area contributed by atoms with E-state index in [0.29, 0.717) is 30.6 Å². The Balaban J connectivity index is 2.65. The third-order valence-electron chi connectivity index (χ3n) is 3.29. The maximum atomic E-state index is 12.5. The molecule has 0 atom stereocenters. The number of phenols is 1. The highest BCUT2D eigenvalue weighted by atomic mass is 16.7. The molecule has 0 unspecified atom stereocenters. The Kier molecular flexibility index (Phi) is 8.13. The zero-order valence-electron chi connectivity index (χ0n) is 14.0. The van der Waals surface area contributed by atoms with Crippen molar-refractivity contribution in [3.05, 3.63) is 29.8 Å². The summed E-state index contributed by atoms with van der Waals surface area (Å²) >= 11 is 0. The van der Waals surface area contributed by atoms with Gasteiger partial charge in [-0.05, 0) is 48.9 Å². The third-order valence-corrected chi connectivity index (χ3v) is 3.29. The van der Waals surface area contributed by atoms with Crippen LogP contribution in [0.25, 0.3) is 0 Å². The summed E-state index contributed by atoms with van der Waals surface area (Å²) in [5.74, 6) is 0.960. The molecule has 1 rings (SSSR count). The molecular formula is C18H28O4. The summed E-state index contributed by atoms with van der Waals surface area (Å²) in [4.78, 5) is 12.5. The Morgan fingerprint density at radius 1 is 0.955 bits per heavy atom. The molecule has 1 N–H and O–H groups in total. The van der Waals surface area contributed by atoms with Crippen LogP contribution >= 0.6 is 0 Å². The second-order valence-corrected chi connectivity index (χ2v) is 6.35. The van der Waals surface area contributed by atoms with Crippen LogP contribution in [0.15, 0.2) is 24.3 Å². The molecule has 0 spiro atoms. The van der Waals surface area contributed by atoms with Crippen LogP contribution < -0.4 is 0 Å². The van der Waals surface area contributed by atoms with Crippen molar-refractivity contribution in [2.24, 2.45) is 11.8 Å². The first kappa shape index (κ1) is 18.7. The van der Waals surface area contributed by atoms with Gasteiger partial charge in [-0.2, -0.15) is 0 Å². The normalized spacial score (nSPS) is 11.6. The van der Waals surface area contributed by atoms with Crippen LogP contribution in [0.2, 0.25) is 0 Å². The molecule has 1 aromatic rings. The number of hydrogen-bond donors (Lipinski definition) is 1. The van der Waals surface area contributed by atoms with Crippen molar-refractivity contribution < 1.29 is 19.4 Å².